The van der Waals surface area contributed by atoms with Crippen LogP contribution < -0.4 is 4.90 Å². The minimum absolute atomic E-state index is 0.361. The molecule has 4 heteroatoms. The molecule has 0 bridgehead atoms. The maximum absolute atomic E-state index is 12.7. The van der Waals surface area contributed by atoms with E-state index in [4.69, 9.17) is 11.6 Å². The van der Waals surface area contributed by atoms with Crippen LogP contribution in [0.2, 0.25) is 5.02 Å². The number of carbonyl (C=O) groups excluding carboxylic acids is 1. The van der Waals surface area contributed by atoms with Crippen LogP contribution in [0.15, 0.2) is 24.3 Å². The van der Waals surface area contributed by atoms with Crippen molar-refractivity contribution in [3.05, 3.63) is 29.3 Å². The Morgan fingerprint density at radius 2 is 1.73 bits per heavy atom. The molecule has 1 aromatic rings. The van der Waals surface area contributed by atoms with Crippen LogP contribution in [0, 0.1) is 17.8 Å². The van der Waals surface area contributed by atoms with E-state index in [2.05, 4.69) is 15.9 Å². The van der Waals surface area contributed by atoms with Crippen LogP contribution in [0.3, 0.4) is 0 Å². The Kier molecular flexibility index (Phi) is 3.77. The summed E-state index contributed by atoms with van der Waals surface area (Å²) < 4.78 is 0. The van der Waals surface area contributed by atoms with Gasteiger partial charge in [-0.25, -0.2) is 0 Å². The van der Waals surface area contributed by atoms with E-state index in [-0.39, 0.29) is 0 Å². The third-order valence-corrected chi connectivity index (χ3v) is 5.94. The van der Waals surface area contributed by atoms with Crippen molar-refractivity contribution in [2.75, 3.05) is 31.1 Å². The number of hydrogen-bond acceptors (Lipinski definition) is 2. The average Bonchev–Trinajstić information content (AvgIpc) is 3.29. The molecule has 0 aromatic heterocycles. The molecular formula is C18H23ClN2O. The molecule has 118 valence electrons. The van der Waals surface area contributed by atoms with Crippen LogP contribution in [0.25, 0.3) is 0 Å². The normalized spacial score (nSPS) is 30.9. The average molecular weight is 319 g/mol. The van der Waals surface area contributed by atoms with Gasteiger partial charge in [0.15, 0.2) is 0 Å². The van der Waals surface area contributed by atoms with Gasteiger partial charge in [0.25, 0.3) is 0 Å². The first-order valence-corrected chi connectivity index (χ1v) is 8.91. The molecule has 22 heavy (non-hydrogen) atoms. The minimum atomic E-state index is 0.361. The molecule has 3 fully saturated rings. The van der Waals surface area contributed by atoms with E-state index < -0.39 is 0 Å². The van der Waals surface area contributed by atoms with Gasteiger partial charge in [0, 0.05) is 42.8 Å². The number of halogens is 1. The Labute approximate surface area is 137 Å². The fourth-order valence-electron chi connectivity index (χ4n) is 4.43. The topological polar surface area (TPSA) is 23.6 Å². The lowest BCUT2D eigenvalue weighted by Crippen LogP contribution is -2.49. The fraction of sp³-hybridized carbons (Fsp3) is 0.611. The second-order valence-electron chi connectivity index (χ2n) is 6.93. The number of anilines is 1. The molecule has 2 saturated carbocycles. The minimum Gasteiger partial charge on any atom is -0.368 e. The molecule has 0 radical (unpaired) electrons. The number of fused-ring (bicyclic) bond motifs is 1. The Morgan fingerprint density at radius 3 is 2.36 bits per heavy atom. The summed E-state index contributed by atoms with van der Waals surface area (Å²) in [6, 6.07) is 8.00. The van der Waals surface area contributed by atoms with Crippen LogP contribution in [-0.2, 0) is 4.79 Å². The quantitative estimate of drug-likeness (QED) is 0.834. The predicted octanol–water partition coefficient (Wildman–Crippen LogP) is 3.42. The Balaban J connectivity index is 1.35. The van der Waals surface area contributed by atoms with Gasteiger partial charge in [-0.15, -0.1) is 0 Å². The molecule has 1 aromatic carbocycles. The highest BCUT2D eigenvalue weighted by atomic mass is 35.5. The molecule has 3 atom stereocenters. The second-order valence-corrected chi connectivity index (χ2v) is 7.37. The van der Waals surface area contributed by atoms with Crippen molar-refractivity contribution in [1.82, 2.24) is 4.90 Å². The first-order chi connectivity index (χ1) is 10.7. The van der Waals surface area contributed by atoms with Crippen LogP contribution in [0.1, 0.15) is 25.7 Å². The van der Waals surface area contributed by atoms with Crippen molar-refractivity contribution in [2.24, 2.45) is 17.8 Å². The number of piperazine rings is 1. The van der Waals surface area contributed by atoms with Gasteiger partial charge in [-0.2, -0.15) is 0 Å². The summed E-state index contributed by atoms with van der Waals surface area (Å²) in [7, 11) is 0. The Morgan fingerprint density at radius 1 is 1.05 bits per heavy atom. The van der Waals surface area contributed by atoms with Crippen LogP contribution in [0.4, 0.5) is 5.69 Å². The molecule has 1 amide bonds. The summed E-state index contributed by atoms with van der Waals surface area (Å²) in [5, 5.41) is 0.776. The Hall–Kier alpha value is -1.22. The number of carbonyl (C=O) groups is 1. The highest BCUT2D eigenvalue weighted by Gasteiger charge is 2.55. The lowest BCUT2D eigenvalue weighted by Gasteiger charge is -2.36. The van der Waals surface area contributed by atoms with Gasteiger partial charge in [0.05, 0.1) is 0 Å². The van der Waals surface area contributed by atoms with E-state index in [0.29, 0.717) is 23.7 Å². The van der Waals surface area contributed by atoms with Crippen LogP contribution in [0.5, 0.6) is 0 Å². The molecule has 3 aliphatic rings. The summed E-state index contributed by atoms with van der Waals surface area (Å²) in [6.07, 6.45) is 5.22. The van der Waals surface area contributed by atoms with E-state index in [1.807, 2.05) is 18.2 Å². The van der Waals surface area contributed by atoms with Crippen molar-refractivity contribution < 1.29 is 4.79 Å². The van der Waals surface area contributed by atoms with E-state index in [1.165, 1.54) is 31.4 Å². The maximum Gasteiger partial charge on any atom is 0.226 e. The summed E-state index contributed by atoms with van der Waals surface area (Å²) in [6.45, 7) is 3.52. The summed E-state index contributed by atoms with van der Waals surface area (Å²) in [5.74, 6) is 2.22. The maximum atomic E-state index is 12.7. The van der Waals surface area contributed by atoms with Crippen LogP contribution >= 0.6 is 11.6 Å². The van der Waals surface area contributed by atoms with E-state index in [9.17, 15) is 4.79 Å². The SMILES string of the molecule is O=C(C1[C@H]2CCCC[C@@H]12)N1CCN(c2cccc(Cl)c2)CC1. The molecule has 3 nitrogen and oxygen atoms in total. The zero-order valence-corrected chi connectivity index (χ0v) is 13.6. The van der Waals surface area contributed by atoms with Crippen molar-refractivity contribution in [1.29, 1.82) is 0 Å². The summed E-state index contributed by atoms with van der Waals surface area (Å²) in [5.41, 5.74) is 1.17. The van der Waals surface area contributed by atoms with E-state index in [1.54, 1.807) is 0 Å². The number of benzene rings is 1. The molecule has 1 heterocycles. The van der Waals surface area contributed by atoms with Gasteiger partial charge in [-0.3, -0.25) is 4.79 Å². The van der Waals surface area contributed by atoms with Crippen LogP contribution in [-0.4, -0.2) is 37.0 Å². The van der Waals surface area contributed by atoms with E-state index in [0.717, 1.165) is 31.2 Å². The zero-order chi connectivity index (χ0) is 15.1. The first kappa shape index (κ1) is 14.4. The number of amides is 1. The highest BCUT2D eigenvalue weighted by molar-refractivity contribution is 6.30. The van der Waals surface area contributed by atoms with Gasteiger partial charge >= 0.3 is 0 Å². The van der Waals surface area contributed by atoms with Gasteiger partial charge in [0.1, 0.15) is 0 Å². The molecular weight excluding hydrogens is 296 g/mol. The lowest BCUT2D eigenvalue weighted by atomic mass is 10.0. The smallest absolute Gasteiger partial charge is 0.226 e. The predicted molar refractivity (Wildman–Crippen MR) is 89.2 cm³/mol. The van der Waals surface area contributed by atoms with Gasteiger partial charge in [-0.05, 0) is 42.9 Å². The Bertz CT molecular complexity index is 556. The second kappa shape index (κ2) is 5.77. The summed E-state index contributed by atoms with van der Waals surface area (Å²) in [4.78, 5) is 17.1. The fourth-order valence-corrected chi connectivity index (χ4v) is 4.61. The van der Waals surface area contributed by atoms with Crippen molar-refractivity contribution >= 4 is 23.2 Å². The van der Waals surface area contributed by atoms with Gasteiger partial charge < -0.3 is 9.80 Å². The van der Waals surface area contributed by atoms with E-state index >= 15 is 0 Å². The third kappa shape index (κ3) is 2.60. The molecule has 1 saturated heterocycles. The largest absolute Gasteiger partial charge is 0.368 e. The molecule has 0 N–H and O–H groups in total. The van der Waals surface area contributed by atoms with Gasteiger partial charge in [0.2, 0.25) is 5.91 Å². The molecule has 4 rings (SSSR count). The lowest BCUT2D eigenvalue weighted by molar-refractivity contribution is -0.133. The van der Waals surface area contributed by atoms with Gasteiger partial charge in [-0.1, -0.05) is 30.5 Å². The standard InChI is InChI=1S/C18H23ClN2O/c19-13-4-3-5-14(12-13)20-8-10-21(11-9-20)18(22)17-15-6-1-2-7-16(15)17/h3-5,12,15-17H,1-2,6-11H2/t15-,16+,17?. The molecule has 0 spiro atoms. The monoisotopic (exact) mass is 318 g/mol. The third-order valence-electron chi connectivity index (χ3n) is 5.71. The number of rotatable bonds is 2. The molecule has 2 aliphatic carbocycles. The zero-order valence-electron chi connectivity index (χ0n) is 12.9. The van der Waals surface area contributed by atoms with Crippen molar-refractivity contribution in [3.63, 3.8) is 0 Å². The highest BCUT2D eigenvalue weighted by Crippen LogP contribution is 2.56. The van der Waals surface area contributed by atoms with Crippen molar-refractivity contribution in [3.8, 4) is 0 Å². The molecule has 1 aliphatic heterocycles. The number of hydrogen-bond donors (Lipinski definition) is 0. The number of nitrogens with zero attached hydrogens (tertiary/aromatic N) is 2. The first-order valence-electron chi connectivity index (χ1n) is 8.53. The summed E-state index contributed by atoms with van der Waals surface area (Å²) >= 11 is 6.07. The van der Waals surface area contributed by atoms with Crippen molar-refractivity contribution in [2.45, 2.75) is 25.7 Å². The molecule has 1 unspecified atom stereocenters.